The van der Waals surface area contributed by atoms with Crippen LogP contribution in [0.4, 0.5) is 18.9 Å². The monoisotopic (exact) mass is 235 g/mol. The number of rotatable bonds is 0. The smallest absolute Gasteiger partial charge is 0.399 e. The Balaban J connectivity index is 0. The fourth-order valence-electron chi connectivity index (χ4n) is 0.976. The van der Waals surface area contributed by atoms with Crippen molar-refractivity contribution in [2.75, 3.05) is 5.73 Å². The average Bonchev–Trinajstić information content (AvgIpc) is 2.21. The molecule has 94 valence electrons. The lowest BCUT2D eigenvalue weighted by Gasteiger charge is -2.07. The lowest BCUT2D eigenvalue weighted by molar-refractivity contribution is -0.137. The number of benzene rings is 1. The van der Waals surface area contributed by atoms with Crippen molar-refractivity contribution in [1.82, 2.24) is 0 Å². The third-order valence-corrected chi connectivity index (χ3v) is 1.43. The van der Waals surface area contributed by atoms with Gasteiger partial charge in [-0.3, -0.25) is 0 Å². The topological polar surface area (TPSA) is 26.0 Å². The minimum atomic E-state index is -4.31. The van der Waals surface area contributed by atoms with Gasteiger partial charge in [0.2, 0.25) is 0 Å². The first-order valence-electron chi connectivity index (χ1n) is 5.34. The van der Waals surface area contributed by atoms with E-state index in [0.717, 1.165) is 12.1 Å². The van der Waals surface area contributed by atoms with Crippen LogP contribution < -0.4 is 5.73 Å². The summed E-state index contributed by atoms with van der Waals surface area (Å²) in [5.41, 5.74) is 5.22. The van der Waals surface area contributed by atoms with Crippen LogP contribution in [0.3, 0.4) is 0 Å². The Hall–Kier alpha value is -1.19. The molecule has 0 aliphatic carbocycles. The van der Waals surface area contributed by atoms with E-state index in [1.165, 1.54) is 6.07 Å². The number of halogens is 3. The zero-order chi connectivity index (χ0) is 13.4. The van der Waals surface area contributed by atoms with Crippen molar-refractivity contribution in [1.29, 1.82) is 0 Å². The first-order valence-corrected chi connectivity index (χ1v) is 5.34. The highest BCUT2D eigenvalue weighted by Gasteiger charge is 2.30. The van der Waals surface area contributed by atoms with Gasteiger partial charge in [0, 0.05) is 5.69 Å². The lowest BCUT2D eigenvalue weighted by atomic mass is 10.1. The number of nitrogens with two attached hydrogens (primary N) is 1. The van der Waals surface area contributed by atoms with Gasteiger partial charge < -0.3 is 5.73 Å². The minimum absolute atomic E-state index is 0.141. The molecule has 0 atom stereocenters. The highest BCUT2D eigenvalue weighted by Crippen LogP contribution is 2.30. The zero-order valence-corrected chi connectivity index (χ0v) is 10.4. The van der Waals surface area contributed by atoms with E-state index in [4.69, 9.17) is 5.73 Å². The van der Waals surface area contributed by atoms with E-state index in [0.29, 0.717) is 5.56 Å². The standard InChI is InChI=1S/C8H8F3N.2C2H6/c1-5-2-6(8(9,10)11)4-7(12)3-5;2*1-2/h2-4H,12H2,1H3;2*1-2H3. The molecule has 4 heteroatoms. The molecule has 0 unspecified atom stereocenters. The number of nitrogen functional groups attached to an aromatic ring is 1. The molecule has 0 radical (unpaired) electrons. The van der Waals surface area contributed by atoms with Gasteiger partial charge in [0.05, 0.1) is 5.56 Å². The van der Waals surface area contributed by atoms with Crippen molar-refractivity contribution in [2.24, 2.45) is 0 Å². The van der Waals surface area contributed by atoms with Gasteiger partial charge in [0.15, 0.2) is 0 Å². The quantitative estimate of drug-likeness (QED) is 0.651. The maximum atomic E-state index is 12.1. The summed E-state index contributed by atoms with van der Waals surface area (Å²) in [5, 5.41) is 0. The predicted molar refractivity (Wildman–Crippen MR) is 63.3 cm³/mol. The van der Waals surface area contributed by atoms with E-state index in [1.807, 2.05) is 27.7 Å². The van der Waals surface area contributed by atoms with Crippen LogP contribution in [0.15, 0.2) is 18.2 Å². The molecule has 1 aromatic carbocycles. The molecule has 0 bridgehead atoms. The van der Waals surface area contributed by atoms with Crippen molar-refractivity contribution in [3.05, 3.63) is 29.3 Å². The van der Waals surface area contributed by atoms with E-state index >= 15 is 0 Å². The van der Waals surface area contributed by atoms with E-state index in [2.05, 4.69) is 0 Å². The zero-order valence-electron chi connectivity index (χ0n) is 10.4. The maximum Gasteiger partial charge on any atom is 0.416 e. The van der Waals surface area contributed by atoms with Crippen molar-refractivity contribution >= 4 is 5.69 Å². The summed E-state index contributed by atoms with van der Waals surface area (Å²) in [7, 11) is 0. The summed E-state index contributed by atoms with van der Waals surface area (Å²) in [4.78, 5) is 0. The third-order valence-electron chi connectivity index (χ3n) is 1.43. The van der Waals surface area contributed by atoms with Crippen molar-refractivity contribution in [3.8, 4) is 0 Å². The summed E-state index contributed by atoms with van der Waals surface area (Å²) >= 11 is 0. The van der Waals surface area contributed by atoms with Gasteiger partial charge in [-0.2, -0.15) is 13.2 Å². The van der Waals surface area contributed by atoms with E-state index in [1.54, 1.807) is 6.92 Å². The van der Waals surface area contributed by atoms with E-state index in [9.17, 15) is 13.2 Å². The lowest BCUT2D eigenvalue weighted by Crippen LogP contribution is -2.05. The molecule has 0 heterocycles. The van der Waals surface area contributed by atoms with Crippen LogP contribution >= 0.6 is 0 Å². The van der Waals surface area contributed by atoms with Gasteiger partial charge in [-0.15, -0.1) is 0 Å². The number of hydrogen-bond donors (Lipinski definition) is 1. The molecule has 0 aliphatic heterocycles. The average molecular weight is 235 g/mol. The normalized spacial score (nSPS) is 9.50. The Bertz CT molecular complexity index is 273. The maximum absolute atomic E-state index is 12.1. The van der Waals surface area contributed by atoms with Gasteiger partial charge in [-0.25, -0.2) is 0 Å². The molecule has 0 amide bonds. The van der Waals surface area contributed by atoms with Crippen LogP contribution in [-0.2, 0) is 6.18 Å². The first kappa shape index (κ1) is 17.2. The van der Waals surface area contributed by atoms with E-state index < -0.39 is 11.7 Å². The third kappa shape index (κ3) is 6.32. The highest BCUT2D eigenvalue weighted by atomic mass is 19.4. The second kappa shape index (κ2) is 8.02. The molecular formula is C12H20F3N. The highest BCUT2D eigenvalue weighted by molar-refractivity contribution is 5.45. The van der Waals surface area contributed by atoms with Crippen LogP contribution in [-0.4, -0.2) is 0 Å². The second-order valence-corrected chi connectivity index (χ2v) is 2.63. The molecule has 1 rings (SSSR count). The molecule has 0 saturated carbocycles. The van der Waals surface area contributed by atoms with Crippen molar-refractivity contribution < 1.29 is 13.2 Å². The Morgan fingerprint density at radius 1 is 0.938 bits per heavy atom. The summed E-state index contributed by atoms with van der Waals surface area (Å²) in [6, 6.07) is 3.48. The first-order chi connectivity index (χ1) is 7.39. The molecule has 1 aromatic rings. The van der Waals surface area contributed by atoms with Crippen LogP contribution in [0.1, 0.15) is 38.8 Å². The number of hydrogen-bond acceptors (Lipinski definition) is 1. The van der Waals surface area contributed by atoms with Gasteiger partial charge in [0.25, 0.3) is 0 Å². The SMILES string of the molecule is CC.CC.Cc1cc(N)cc(C(F)(F)F)c1. The number of alkyl halides is 3. The molecule has 0 saturated heterocycles. The molecule has 16 heavy (non-hydrogen) atoms. The molecule has 0 fully saturated rings. The van der Waals surface area contributed by atoms with E-state index in [-0.39, 0.29) is 5.69 Å². The van der Waals surface area contributed by atoms with Gasteiger partial charge in [-0.05, 0) is 30.7 Å². The van der Waals surface area contributed by atoms with Gasteiger partial charge in [-0.1, -0.05) is 27.7 Å². The Morgan fingerprint density at radius 3 is 1.69 bits per heavy atom. The molecule has 0 aliphatic rings. The van der Waals surface area contributed by atoms with Gasteiger partial charge >= 0.3 is 6.18 Å². The number of anilines is 1. The fraction of sp³-hybridized carbons (Fsp3) is 0.500. The van der Waals surface area contributed by atoms with Crippen molar-refractivity contribution in [2.45, 2.75) is 40.8 Å². The Morgan fingerprint density at radius 2 is 1.38 bits per heavy atom. The Kier molecular flexibility index (Phi) is 8.63. The molecule has 2 N–H and O–H groups in total. The largest absolute Gasteiger partial charge is 0.416 e. The number of aryl methyl sites for hydroxylation is 1. The predicted octanol–water partition coefficient (Wildman–Crippen LogP) is 4.65. The second-order valence-electron chi connectivity index (χ2n) is 2.63. The molecule has 0 spiro atoms. The van der Waals surface area contributed by atoms with Gasteiger partial charge in [0.1, 0.15) is 0 Å². The summed E-state index contributed by atoms with van der Waals surface area (Å²) in [6.45, 7) is 9.57. The minimum Gasteiger partial charge on any atom is -0.399 e. The molecule has 1 nitrogen and oxygen atoms in total. The fourth-order valence-corrected chi connectivity index (χ4v) is 0.976. The van der Waals surface area contributed by atoms with Crippen LogP contribution in [0.25, 0.3) is 0 Å². The van der Waals surface area contributed by atoms with Crippen molar-refractivity contribution in [3.63, 3.8) is 0 Å². The van der Waals surface area contributed by atoms with Crippen LogP contribution in [0.2, 0.25) is 0 Å². The summed E-state index contributed by atoms with van der Waals surface area (Å²) < 4.78 is 36.3. The summed E-state index contributed by atoms with van der Waals surface area (Å²) in [6.07, 6.45) is -4.31. The summed E-state index contributed by atoms with van der Waals surface area (Å²) in [5.74, 6) is 0. The van der Waals surface area contributed by atoms with Crippen LogP contribution in [0, 0.1) is 6.92 Å². The molecule has 0 aromatic heterocycles. The Labute approximate surface area is 95.5 Å². The molecular weight excluding hydrogens is 215 g/mol. The van der Waals surface area contributed by atoms with Crippen LogP contribution in [0.5, 0.6) is 0 Å².